The van der Waals surface area contributed by atoms with Crippen LogP contribution >= 0.6 is 31.9 Å². The van der Waals surface area contributed by atoms with Gasteiger partial charge in [0, 0.05) is 0 Å². The summed E-state index contributed by atoms with van der Waals surface area (Å²) >= 11 is 6.17. The Hall–Kier alpha value is -0.170. The Morgan fingerprint density at radius 3 is 2.38 bits per heavy atom. The van der Waals surface area contributed by atoms with Crippen LogP contribution in [0, 0.1) is 0 Å². The molecular formula is C9H13Br2FO4. The SMILES string of the molecule is O=COC(CBr)(CBr)C(=O)OCCCCF. The summed E-state index contributed by atoms with van der Waals surface area (Å²) in [6.07, 6.45) is 0.793. The normalized spacial score (nSPS) is 10.9. The fraction of sp³-hybridized carbons (Fsp3) is 0.778. The molecule has 0 aliphatic heterocycles. The van der Waals surface area contributed by atoms with E-state index in [-0.39, 0.29) is 23.7 Å². The van der Waals surface area contributed by atoms with Gasteiger partial charge in [-0.2, -0.15) is 0 Å². The lowest BCUT2D eigenvalue weighted by Gasteiger charge is -2.25. The van der Waals surface area contributed by atoms with E-state index in [1.807, 2.05) is 0 Å². The van der Waals surface area contributed by atoms with Crippen LogP contribution in [-0.4, -0.2) is 42.0 Å². The van der Waals surface area contributed by atoms with Gasteiger partial charge < -0.3 is 9.47 Å². The van der Waals surface area contributed by atoms with Gasteiger partial charge in [-0.15, -0.1) is 0 Å². The van der Waals surface area contributed by atoms with Crippen molar-refractivity contribution in [2.75, 3.05) is 23.9 Å². The molecule has 7 heteroatoms. The zero-order valence-corrected chi connectivity index (χ0v) is 11.8. The first kappa shape index (κ1) is 15.8. The third-order valence-corrected chi connectivity index (χ3v) is 3.65. The van der Waals surface area contributed by atoms with Gasteiger partial charge >= 0.3 is 5.97 Å². The number of unbranched alkanes of at least 4 members (excludes halogenated alkanes) is 1. The summed E-state index contributed by atoms with van der Waals surface area (Å²) in [6.45, 7) is -0.123. The fourth-order valence-corrected chi connectivity index (χ4v) is 2.49. The molecule has 16 heavy (non-hydrogen) atoms. The summed E-state index contributed by atoms with van der Waals surface area (Å²) in [4.78, 5) is 21.9. The molecule has 0 aromatic rings. The van der Waals surface area contributed by atoms with E-state index in [0.717, 1.165) is 0 Å². The highest BCUT2D eigenvalue weighted by molar-refractivity contribution is 9.10. The summed E-state index contributed by atoms with van der Waals surface area (Å²) in [6, 6.07) is 0. The molecule has 4 nitrogen and oxygen atoms in total. The monoisotopic (exact) mass is 362 g/mol. The molecule has 0 aromatic heterocycles. The van der Waals surface area contributed by atoms with Gasteiger partial charge in [0.25, 0.3) is 6.47 Å². The first-order chi connectivity index (χ1) is 7.66. The molecule has 0 bridgehead atoms. The molecule has 0 atom stereocenters. The predicted octanol–water partition coefficient (Wildman–Crippen LogP) is 1.98. The fourth-order valence-electron chi connectivity index (χ4n) is 0.841. The number of alkyl halides is 3. The van der Waals surface area contributed by atoms with Gasteiger partial charge in [0.1, 0.15) is 0 Å². The Kier molecular flexibility index (Phi) is 8.83. The van der Waals surface area contributed by atoms with Crippen LogP contribution in [-0.2, 0) is 19.1 Å². The number of esters is 1. The second kappa shape index (κ2) is 8.92. The molecule has 0 saturated carbocycles. The van der Waals surface area contributed by atoms with Gasteiger partial charge in [-0.3, -0.25) is 9.18 Å². The van der Waals surface area contributed by atoms with E-state index in [4.69, 9.17) is 9.47 Å². The van der Waals surface area contributed by atoms with Crippen molar-refractivity contribution in [3.63, 3.8) is 0 Å². The number of ether oxygens (including phenoxy) is 2. The average molecular weight is 364 g/mol. The molecule has 0 aliphatic rings. The molecule has 0 N–H and O–H groups in total. The first-order valence-corrected chi connectivity index (χ1v) is 6.87. The topological polar surface area (TPSA) is 52.6 Å². The minimum absolute atomic E-state index is 0.118. The lowest BCUT2D eigenvalue weighted by molar-refractivity contribution is -0.170. The van der Waals surface area contributed by atoms with Crippen molar-refractivity contribution in [2.45, 2.75) is 18.4 Å². The van der Waals surface area contributed by atoms with Crippen molar-refractivity contribution in [2.24, 2.45) is 0 Å². The lowest BCUT2D eigenvalue weighted by Crippen LogP contribution is -2.46. The third kappa shape index (κ3) is 4.78. The number of carbonyl (C=O) groups excluding carboxylic acids is 2. The summed E-state index contributed by atoms with van der Waals surface area (Å²) in [5.74, 6) is -0.646. The molecule has 0 spiro atoms. The highest BCUT2D eigenvalue weighted by Crippen LogP contribution is 2.19. The van der Waals surface area contributed by atoms with Crippen LogP contribution in [0.1, 0.15) is 12.8 Å². The van der Waals surface area contributed by atoms with Gasteiger partial charge in [-0.05, 0) is 12.8 Å². The average Bonchev–Trinajstić information content (AvgIpc) is 2.31. The third-order valence-electron chi connectivity index (χ3n) is 1.84. The summed E-state index contributed by atoms with van der Waals surface area (Å²) in [5, 5.41) is 0.262. The Morgan fingerprint density at radius 2 is 1.94 bits per heavy atom. The molecule has 94 valence electrons. The van der Waals surface area contributed by atoms with Gasteiger partial charge in [0.2, 0.25) is 5.60 Å². The minimum Gasteiger partial charge on any atom is -0.463 e. The van der Waals surface area contributed by atoms with E-state index in [9.17, 15) is 14.0 Å². The van der Waals surface area contributed by atoms with Crippen LogP contribution in [0.15, 0.2) is 0 Å². The van der Waals surface area contributed by atoms with Crippen molar-refractivity contribution in [3.8, 4) is 0 Å². The summed E-state index contributed by atoms with van der Waals surface area (Å²) in [5.41, 5.74) is -1.35. The van der Waals surface area contributed by atoms with Crippen molar-refractivity contribution >= 4 is 44.3 Å². The zero-order valence-electron chi connectivity index (χ0n) is 8.59. The Bertz CT molecular complexity index is 222. The van der Waals surface area contributed by atoms with Crippen LogP contribution < -0.4 is 0 Å². The maximum Gasteiger partial charge on any atom is 0.352 e. The van der Waals surface area contributed by atoms with Crippen molar-refractivity contribution in [3.05, 3.63) is 0 Å². The quantitative estimate of drug-likeness (QED) is 0.272. The molecule has 0 amide bonds. The van der Waals surface area contributed by atoms with E-state index >= 15 is 0 Å². The second-order valence-electron chi connectivity index (χ2n) is 3.01. The van der Waals surface area contributed by atoms with E-state index in [2.05, 4.69) is 31.9 Å². The maximum absolute atomic E-state index is 11.8. The van der Waals surface area contributed by atoms with Crippen molar-refractivity contribution in [1.82, 2.24) is 0 Å². The standard InChI is InChI=1S/C9H13Br2FO4/c10-5-9(6-11,16-7-13)8(14)15-4-2-1-3-12/h7H,1-6H2. The van der Waals surface area contributed by atoms with E-state index in [1.54, 1.807) is 0 Å². The van der Waals surface area contributed by atoms with Crippen LogP contribution in [0.4, 0.5) is 4.39 Å². The molecule has 0 saturated heterocycles. The molecule has 0 rings (SSSR count). The number of halogens is 3. The summed E-state index contributed by atoms with van der Waals surface area (Å²) in [7, 11) is 0. The Morgan fingerprint density at radius 1 is 1.31 bits per heavy atom. The van der Waals surface area contributed by atoms with Crippen molar-refractivity contribution < 1.29 is 23.5 Å². The highest BCUT2D eigenvalue weighted by Gasteiger charge is 2.40. The van der Waals surface area contributed by atoms with E-state index < -0.39 is 18.2 Å². The molecular weight excluding hydrogens is 351 g/mol. The van der Waals surface area contributed by atoms with Crippen LogP contribution in [0.2, 0.25) is 0 Å². The Labute approximate surface area is 110 Å². The van der Waals surface area contributed by atoms with E-state index in [0.29, 0.717) is 12.8 Å². The van der Waals surface area contributed by atoms with Crippen LogP contribution in [0.5, 0.6) is 0 Å². The van der Waals surface area contributed by atoms with Gasteiger partial charge in [-0.1, -0.05) is 31.9 Å². The highest BCUT2D eigenvalue weighted by atomic mass is 79.9. The maximum atomic E-state index is 11.8. The Balaban J connectivity index is 4.21. The second-order valence-corrected chi connectivity index (χ2v) is 4.13. The summed E-state index contributed by atoms with van der Waals surface area (Å²) < 4.78 is 21.4. The lowest BCUT2D eigenvalue weighted by atomic mass is 10.1. The molecule has 0 heterocycles. The van der Waals surface area contributed by atoms with Crippen LogP contribution in [0.25, 0.3) is 0 Å². The molecule has 0 unspecified atom stereocenters. The number of rotatable bonds is 9. The van der Waals surface area contributed by atoms with Crippen molar-refractivity contribution in [1.29, 1.82) is 0 Å². The minimum atomic E-state index is -1.35. The molecule has 0 aromatic carbocycles. The first-order valence-electron chi connectivity index (χ1n) is 4.63. The molecule has 0 fully saturated rings. The molecule has 0 radical (unpaired) electrons. The largest absolute Gasteiger partial charge is 0.463 e. The van der Waals surface area contributed by atoms with Gasteiger partial charge in [0.05, 0.1) is 23.9 Å². The van der Waals surface area contributed by atoms with E-state index in [1.165, 1.54) is 0 Å². The van der Waals surface area contributed by atoms with Gasteiger partial charge in [-0.25, -0.2) is 4.79 Å². The predicted molar refractivity (Wildman–Crippen MR) is 63.6 cm³/mol. The number of carbonyl (C=O) groups is 2. The number of hydrogen-bond donors (Lipinski definition) is 0. The van der Waals surface area contributed by atoms with Crippen LogP contribution in [0.3, 0.4) is 0 Å². The number of hydrogen-bond acceptors (Lipinski definition) is 4. The smallest absolute Gasteiger partial charge is 0.352 e. The zero-order chi connectivity index (χ0) is 12.4. The molecule has 0 aliphatic carbocycles. The van der Waals surface area contributed by atoms with Gasteiger partial charge in [0.15, 0.2) is 0 Å².